The maximum atomic E-state index is 12.4. The van der Waals surface area contributed by atoms with Crippen LogP contribution in [0.25, 0.3) is 0 Å². The zero-order valence-electron chi connectivity index (χ0n) is 16.4. The Morgan fingerprint density at radius 1 is 1.21 bits per heavy atom. The van der Waals surface area contributed by atoms with Gasteiger partial charge in [-0.15, -0.1) is 0 Å². The molecule has 1 aromatic carbocycles. The number of benzene rings is 1. The molecule has 7 heteroatoms. The van der Waals surface area contributed by atoms with Crippen molar-refractivity contribution in [1.82, 2.24) is 15.7 Å². The molecule has 0 bridgehead atoms. The summed E-state index contributed by atoms with van der Waals surface area (Å²) < 4.78 is 5.54. The van der Waals surface area contributed by atoms with Crippen molar-refractivity contribution < 1.29 is 14.3 Å². The standard InChI is InChI=1S/C21H26N4O3/c1-15(2)11-18(21(27)25-23-13-17-8-6-10-22-12-17)24-20(26)14-28-19-9-5-4-7-16(19)3/h4-10,12-13,15,18H,11,14H2,1-3H3,(H,24,26)(H,25,27)/b23-13-/t18-/m1/s1. The van der Waals surface area contributed by atoms with Gasteiger partial charge in [-0.2, -0.15) is 5.10 Å². The first-order valence-corrected chi connectivity index (χ1v) is 9.16. The lowest BCUT2D eigenvalue weighted by molar-refractivity contribution is -0.130. The maximum absolute atomic E-state index is 12.4. The number of aryl methyl sites for hydroxylation is 1. The first kappa shape index (κ1) is 21.1. The van der Waals surface area contributed by atoms with Crippen molar-refractivity contribution in [3.8, 4) is 5.75 Å². The number of nitrogens with one attached hydrogen (secondary N) is 2. The number of para-hydroxylation sites is 1. The first-order chi connectivity index (χ1) is 13.5. The van der Waals surface area contributed by atoms with Crippen molar-refractivity contribution >= 4 is 18.0 Å². The summed E-state index contributed by atoms with van der Waals surface area (Å²) in [6.07, 6.45) is 5.28. The highest BCUT2D eigenvalue weighted by molar-refractivity contribution is 5.89. The zero-order valence-corrected chi connectivity index (χ0v) is 16.4. The number of ether oxygens (including phenoxy) is 1. The summed E-state index contributed by atoms with van der Waals surface area (Å²) in [7, 11) is 0. The molecule has 2 rings (SSSR count). The molecule has 0 fully saturated rings. The Balaban J connectivity index is 1.90. The second-order valence-corrected chi connectivity index (χ2v) is 6.82. The van der Waals surface area contributed by atoms with Crippen molar-refractivity contribution in [1.29, 1.82) is 0 Å². The Morgan fingerprint density at radius 3 is 2.68 bits per heavy atom. The van der Waals surface area contributed by atoms with Gasteiger partial charge < -0.3 is 10.1 Å². The number of aromatic nitrogens is 1. The average Bonchev–Trinajstić information content (AvgIpc) is 2.67. The van der Waals surface area contributed by atoms with Crippen LogP contribution in [0.2, 0.25) is 0 Å². The number of pyridine rings is 1. The predicted octanol–water partition coefficient (Wildman–Crippen LogP) is 2.45. The third-order valence-corrected chi connectivity index (χ3v) is 3.88. The Kier molecular flexibility index (Phi) is 8.14. The number of hydrazone groups is 1. The van der Waals surface area contributed by atoms with E-state index in [1.807, 2.05) is 45.0 Å². The van der Waals surface area contributed by atoms with Crippen LogP contribution in [0.1, 0.15) is 31.4 Å². The highest BCUT2D eigenvalue weighted by Crippen LogP contribution is 2.15. The molecule has 0 saturated heterocycles. The molecule has 2 aromatic rings. The minimum Gasteiger partial charge on any atom is -0.484 e. The van der Waals surface area contributed by atoms with Crippen molar-refractivity contribution in [2.24, 2.45) is 11.0 Å². The summed E-state index contributed by atoms with van der Waals surface area (Å²) >= 11 is 0. The van der Waals surface area contributed by atoms with Crippen LogP contribution < -0.4 is 15.5 Å². The van der Waals surface area contributed by atoms with Gasteiger partial charge in [0.05, 0.1) is 6.21 Å². The monoisotopic (exact) mass is 382 g/mol. The molecule has 2 amide bonds. The maximum Gasteiger partial charge on any atom is 0.262 e. The lowest BCUT2D eigenvalue weighted by Gasteiger charge is -2.19. The topological polar surface area (TPSA) is 92.7 Å². The fourth-order valence-corrected chi connectivity index (χ4v) is 2.50. The predicted molar refractivity (Wildman–Crippen MR) is 108 cm³/mol. The number of carbonyl (C=O) groups excluding carboxylic acids is 2. The normalized spacial score (nSPS) is 12.0. The van der Waals surface area contributed by atoms with Crippen LogP contribution in [0.3, 0.4) is 0 Å². The Morgan fingerprint density at radius 2 is 2.00 bits per heavy atom. The molecule has 2 N–H and O–H groups in total. The van der Waals surface area contributed by atoms with Crippen LogP contribution in [0, 0.1) is 12.8 Å². The van der Waals surface area contributed by atoms with Gasteiger partial charge in [0.1, 0.15) is 11.8 Å². The molecule has 0 unspecified atom stereocenters. The van der Waals surface area contributed by atoms with Crippen molar-refractivity contribution in [3.05, 3.63) is 59.9 Å². The summed E-state index contributed by atoms with van der Waals surface area (Å²) in [5.74, 6) is 0.123. The van der Waals surface area contributed by atoms with Crippen LogP contribution in [0.4, 0.5) is 0 Å². The fourth-order valence-electron chi connectivity index (χ4n) is 2.50. The van der Waals surface area contributed by atoms with E-state index in [1.54, 1.807) is 24.5 Å². The summed E-state index contributed by atoms with van der Waals surface area (Å²) in [6, 6.07) is 10.3. The molecule has 0 aliphatic carbocycles. The third-order valence-electron chi connectivity index (χ3n) is 3.88. The van der Waals surface area contributed by atoms with E-state index in [0.717, 1.165) is 11.1 Å². The van der Waals surface area contributed by atoms with Gasteiger partial charge in [0.25, 0.3) is 11.8 Å². The van der Waals surface area contributed by atoms with Gasteiger partial charge in [-0.3, -0.25) is 14.6 Å². The van der Waals surface area contributed by atoms with Gasteiger partial charge in [0, 0.05) is 18.0 Å². The van der Waals surface area contributed by atoms with E-state index in [1.165, 1.54) is 6.21 Å². The summed E-state index contributed by atoms with van der Waals surface area (Å²) in [6.45, 7) is 5.71. The van der Waals surface area contributed by atoms with Crippen LogP contribution >= 0.6 is 0 Å². The van der Waals surface area contributed by atoms with E-state index >= 15 is 0 Å². The summed E-state index contributed by atoms with van der Waals surface area (Å²) in [5.41, 5.74) is 4.18. The number of hydrogen-bond acceptors (Lipinski definition) is 5. The molecule has 1 aromatic heterocycles. The molecule has 7 nitrogen and oxygen atoms in total. The largest absolute Gasteiger partial charge is 0.484 e. The van der Waals surface area contributed by atoms with E-state index in [-0.39, 0.29) is 24.3 Å². The lowest BCUT2D eigenvalue weighted by atomic mass is 10.0. The minimum absolute atomic E-state index is 0.161. The number of hydrogen-bond donors (Lipinski definition) is 2. The molecule has 0 saturated carbocycles. The number of nitrogens with zero attached hydrogens (tertiary/aromatic N) is 2. The molecule has 0 radical (unpaired) electrons. The summed E-state index contributed by atoms with van der Waals surface area (Å²) in [5, 5.41) is 6.66. The summed E-state index contributed by atoms with van der Waals surface area (Å²) in [4.78, 5) is 28.7. The van der Waals surface area contributed by atoms with E-state index < -0.39 is 6.04 Å². The van der Waals surface area contributed by atoms with E-state index in [9.17, 15) is 9.59 Å². The second-order valence-electron chi connectivity index (χ2n) is 6.82. The van der Waals surface area contributed by atoms with E-state index in [4.69, 9.17) is 4.74 Å². The van der Waals surface area contributed by atoms with Gasteiger partial charge in [-0.05, 0) is 37.0 Å². The van der Waals surface area contributed by atoms with Gasteiger partial charge in [-0.1, -0.05) is 38.1 Å². The molecule has 148 valence electrons. The van der Waals surface area contributed by atoms with E-state index in [0.29, 0.717) is 12.2 Å². The lowest BCUT2D eigenvalue weighted by Crippen LogP contribution is -2.47. The minimum atomic E-state index is -0.695. The SMILES string of the molecule is Cc1ccccc1OCC(=O)N[C@H](CC(C)C)C(=O)N/N=C\c1cccnc1. The number of carbonyl (C=O) groups is 2. The molecule has 1 heterocycles. The molecule has 0 aliphatic heterocycles. The van der Waals surface area contributed by atoms with E-state index in [2.05, 4.69) is 20.8 Å². The smallest absolute Gasteiger partial charge is 0.262 e. The van der Waals surface area contributed by atoms with Crippen LogP contribution in [0.15, 0.2) is 53.9 Å². The van der Waals surface area contributed by atoms with Crippen LogP contribution in [-0.4, -0.2) is 35.7 Å². The molecule has 28 heavy (non-hydrogen) atoms. The Hall–Kier alpha value is -3.22. The number of rotatable bonds is 9. The molecular weight excluding hydrogens is 356 g/mol. The molecule has 1 atom stereocenters. The van der Waals surface area contributed by atoms with Crippen molar-refractivity contribution in [3.63, 3.8) is 0 Å². The van der Waals surface area contributed by atoms with Gasteiger partial charge in [-0.25, -0.2) is 5.43 Å². The molecule has 0 spiro atoms. The average molecular weight is 382 g/mol. The highest BCUT2D eigenvalue weighted by atomic mass is 16.5. The Labute approximate surface area is 165 Å². The second kappa shape index (κ2) is 10.8. The quantitative estimate of drug-likeness (QED) is 0.515. The molecular formula is C21H26N4O3. The third kappa shape index (κ3) is 7.19. The van der Waals surface area contributed by atoms with Gasteiger partial charge >= 0.3 is 0 Å². The van der Waals surface area contributed by atoms with Gasteiger partial charge in [0.2, 0.25) is 0 Å². The van der Waals surface area contributed by atoms with Gasteiger partial charge in [0.15, 0.2) is 6.61 Å². The highest BCUT2D eigenvalue weighted by Gasteiger charge is 2.22. The van der Waals surface area contributed by atoms with Crippen molar-refractivity contribution in [2.45, 2.75) is 33.2 Å². The van der Waals surface area contributed by atoms with Crippen molar-refractivity contribution in [2.75, 3.05) is 6.61 Å². The zero-order chi connectivity index (χ0) is 20.4. The Bertz CT molecular complexity index is 806. The molecule has 0 aliphatic rings. The van der Waals surface area contributed by atoms with Crippen LogP contribution in [-0.2, 0) is 9.59 Å². The first-order valence-electron chi connectivity index (χ1n) is 9.16. The fraction of sp³-hybridized carbons (Fsp3) is 0.333. The van der Waals surface area contributed by atoms with Crippen LogP contribution in [0.5, 0.6) is 5.75 Å². The number of amides is 2.